The standard InChI is InChI=1S/C17H13F6NO3S/c1-9(25)24-7-13-2-3-15(28-13)14(26)8-27-12-5-10(16(18,19)20)4-11(6-12)17(21,22)23/h2-6H,7-8H2,1H3,(H,24,25). The van der Waals surface area contributed by atoms with Crippen molar-refractivity contribution in [1.29, 1.82) is 0 Å². The molecule has 0 bridgehead atoms. The third kappa shape index (κ3) is 5.98. The van der Waals surface area contributed by atoms with Crippen LogP contribution in [0.5, 0.6) is 5.75 Å². The summed E-state index contributed by atoms with van der Waals surface area (Å²) >= 11 is 1.03. The quantitative estimate of drug-likeness (QED) is 0.540. The van der Waals surface area contributed by atoms with E-state index in [0.29, 0.717) is 17.0 Å². The average Bonchev–Trinajstić information content (AvgIpc) is 3.05. The van der Waals surface area contributed by atoms with Crippen LogP contribution in [0.15, 0.2) is 30.3 Å². The van der Waals surface area contributed by atoms with E-state index in [4.69, 9.17) is 4.74 Å². The molecule has 11 heteroatoms. The Morgan fingerprint density at radius 3 is 2.07 bits per heavy atom. The van der Waals surface area contributed by atoms with E-state index in [9.17, 15) is 35.9 Å². The molecule has 0 aliphatic carbocycles. The molecule has 1 aromatic heterocycles. The van der Waals surface area contributed by atoms with Gasteiger partial charge in [0, 0.05) is 11.8 Å². The van der Waals surface area contributed by atoms with Crippen LogP contribution < -0.4 is 10.1 Å². The van der Waals surface area contributed by atoms with Gasteiger partial charge in [0.25, 0.3) is 0 Å². The highest BCUT2D eigenvalue weighted by Crippen LogP contribution is 2.38. The number of ether oxygens (including phenoxy) is 1. The molecule has 0 aliphatic rings. The lowest BCUT2D eigenvalue weighted by atomic mass is 10.1. The maximum Gasteiger partial charge on any atom is 0.416 e. The number of hydrogen-bond donors (Lipinski definition) is 1. The second kappa shape index (κ2) is 8.21. The maximum atomic E-state index is 12.8. The first kappa shape index (κ1) is 21.7. The number of Topliss-reactive ketones (excluding diaryl/α,β-unsaturated/α-hetero) is 1. The summed E-state index contributed by atoms with van der Waals surface area (Å²) in [4.78, 5) is 23.8. The van der Waals surface area contributed by atoms with Gasteiger partial charge in [-0.15, -0.1) is 11.3 Å². The average molecular weight is 425 g/mol. The van der Waals surface area contributed by atoms with Gasteiger partial charge in [0.2, 0.25) is 11.7 Å². The van der Waals surface area contributed by atoms with Crippen molar-refractivity contribution in [3.8, 4) is 5.75 Å². The number of rotatable bonds is 6. The Labute approximate surface area is 159 Å². The van der Waals surface area contributed by atoms with Crippen molar-refractivity contribution < 1.29 is 40.7 Å². The Morgan fingerprint density at radius 1 is 1.00 bits per heavy atom. The summed E-state index contributed by atoms with van der Waals surface area (Å²) < 4.78 is 81.8. The van der Waals surface area contributed by atoms with E-state index >= 15 is 0 Å². The van der Waals surface area contributed by atoms with Crippen LogP contribution in [0.2, 0.25) is 0 Å². The number of carbonyl (C=O) groups excluding carboxylic acids is 2. The molecule has 0 saturated carbocycles. The number of amides is 1. The fourth-order valence-electron chi connectivity index (χ4n) is 2.06. The van der Waals surface area contributed by atoms with Crippen molar-refractivity contribution in [2.24, 2.45) is 0 Å². The molecule has 0 radical (unpaired) electrons. The van der Waals surface area contributed by atoms with Crippen molar-refractivity contribution in [1.82, 2.24) is 5.32 Å². The van der Waals surface area contributed by atoms with Gasteiger partial charge in [0.15, 0.2) is 6.61 Å². The summed E-state index contributed by atoms with van der Waals surface area (Å²) in [5.74, 6) is -1.61. The number of thiophene rings is 1. The van der Waals surface area contributed by atoms with E-state index in [0.717, 1.165) is 11.3 Å². The minimum absolute atomic E-state index is 0.0255. The van der Waals surface area contributed by atoms with Crippen molar-refractivity contribution in [2.45, 2.75) is 25.8 Å². The Hall–Kier alpha value is -2.56. The molecule has 0 fully saturated rings. The number of halogens is 6. The van der Waals surface area contributed by atoms with Crippen LogP contribution in [0, 0.1) is 0 Å². The van der Waals surface area contributed by atoms with Gasteiger partial charge in [-0.1, -0.05) is 0 Å². The number of carbonyl (C=O) groups is 2. The summed E-state index contributed by atoms with van der Waals surface area (Å²) in [7, 11) is 0. The lowest BCUT2D eigenvalue weighted by molar-refractivity contribution is -0.143. The highest BCUT2D eigenvalue weighted by atomic mass is 32.1. The van der Waals surface area contributed by atoms with Crippen molar-refractivity contribution in [3.63, 3.8) is 0 Å². The van der Waals surface area contributed by atoms with Gasteiger partial charge in [0.1, 0.15) is 5.75 Å². The first-order valence-corrected chi connectivity index (χ1v) is 8.46. The van der Waals surface area contributed by atoms with E-state index in [1.54, 1.807) is 6.07 Å². The zero-order chi connectivity index (χ0) is 21.1. The lowest BCUT2D eigenvalue weighted by Crippen LogP contribution is -2.18. The smallest absolute Gasteiger partial charge is 0.416 e. The molecule has 2 aromatic rings. The highest BCUT2D eigenvalue weighted by molar-refractivity contribution is 7.14. The Bertz CT molecular complexity index is 840. The molecule has 0 spiro atoms. The van der Waals surface area contributed by atoms with Gasteiger partial charge < -0.3 is 10.1 Å². The molecule has 0 atom stereocenters. The summed E-state index contributed by atoms with van der Waals surface area (Å²) in [6.07, 6.45) is -10.0. The molecule has 1 aromatic carbocycles. The molecular weight excluding hydrogens is 412 g/mol. The van der Waals surface area contributed by atoms with E-state index in [2.05, 4.69) is 5.32 Å². The minimum Gasteiger partial charge on any atom is -0.485 e. The molecule has 1 N–H and O–H groups in total. The number of hydrogen-bond acceptors (Lipinski definition) is 4. The van der Waals surface area contributed by atoms with Gasteiger partial charge in [0.05, 0.1) is 22.5 Å². The summed E-state index contributed by atoms with van der Waals surface area (Å²) in [5, 5.41) is 2.53. The predicted molar refractivity (Wildman–Crippen MR) is 88.1 cm³/mol. The molecule has 0 aliphatic heterocycles. The molecule has 0 unspecified atom stereocenters. The first-order chi connectivity index (χ1) is 12.9. The zero-order valence-corrected chi connectivity index (χ0v) is 15.0. The summed E-state index contributed by atoms with van der Waals surface area (Å²) in [6, 6.07) is 3.78. The van der Waals surface area contributed by atoms with Gasteiger partial charge in [-0.05, 0) is 30.3 Å². The van der Waals surface area contributed by atoms with Crippen LogP contribution in [-0.4, -0.2) is 18.3 Å². The Balaban J connectivity index is 2.13. The van der Waals surface area contributed by atoms with E-state index < -0.39 is 41.6 Å². The summed E-state index contributed by atoms with van der Waals surface area (Å²) in [5.41, 5.74) is -3.06. The molecule has 152 valence electrons. The highest BCUT2D eigenvalue weighted by Gasteiger charge is 2.37. The number of benzene rings is 1. The van der Waals surface area contributed by atoms with E-state index in [1.807, 2.05) is 0 Å². The predicted octanol–water partition coefficient (Wildman–Crippen LogP) is 4.68. The van der Waals surface area contributed by atoms with E-state index in [-0.39, 0.29) is 23.4 Å². The van der Waals surface area contributed by atoms with Crippen molar-refractivity contribution >= 4 is 23.0 Å². The normalized spacial score (nSPS) is 12.0. The SMILES string of the molecule is CC(=O)NCc1ccc(C(=O)COc2cc(C(F)(F)F)cc(C(F)(F)F)c2)s1. The molecule has 0 saturated heterocycles. The third-order valence-corrected chi connectivity index (χ3v) is 4.51. The van der Waals surface area contributed by atoms with Gasteiger partial charge in [-0.3, -0.25) is 9.59 Å². The van der Waals surface area contributed by atoms with Crippen LogP contribution in [0.3, 0.4) is 0 Å². The minimum atomic E-state index is -5.00. The number of nitrogens with one attached hydrogen (secondary N) is 1. The van der Waals surface area contributed by atoms with Crippen LogP contribution in [0.1, 0.15) is 32.6 Å². The molecule has 28 heavy (non-hydrogen) atoms. The topological polar surface area (TPSA) is 55.4 Å². The fraction of sp³-hybridized carbons (Fsp3) is 0.294. The van der Waals surface area contributed by atoms with Crippen LogP contribution in [-0.2, 0) is 23.7 Å². The maximum absolute atomic E-state index is 12.8. The lowest BCUT2D eigenvalue weighted by Gasteiger charge is -2.14. The summed E-state index contributed by atoms with van der Waals surface area (Å²) in [6.45, 7) is 0.771. The van der Waals surface area contributed by atoms with Crippen LogP contribution in [0.25, 0.3) is 0 Å². The van der Waals surface area contributed by atoms with E-state index in [1.165, 1.54) is 13.0 Å². The number of alkyl halides is 6. The Kier molecular flexibility index (Phi) is 6.37. The van der Waals surface area contributed by atoms with Crippen LogP contribution >= 0.6 is 11.3 Å². The fourth-order valence-corrected chi connectivity index (χ4v) is 2.94. The first-order valence-electron chi connectivity index (χ1n) is 7.65. The molecule has 2 rings (SSSR count). The van der Waals surface area contributed by atoms with Crippen LogP contribution in [0.4, 0.5) is 26.3 Å². The molecule has 1 heterocycles. The molecule has 1 amide bonds. The van der Waals surface area contributed by atoms with Crippen molar-refractivity contribution in [2.75, 3.05) is 6.61 Å². The Morgan fingerprint density at radius 2 is 1.57 bits per heavy atom. The van der Waals surface area contributed by atoms with Gasteiger partial charge in [-0.25, -0.2) is 0 Å². The van der Waals surface area contributed by atoms with Gasteiger partial charge >= 0.3 is 12.4 Å². The van der Waals surface area contributed by atoms with Gasteiger partial charge in [-0.2, -0.15) is 26.3 Å². The second-order valence-corrected chi connectivity index (χ2v) is 6.80. The second-order valence-electron chi connectivity index (χ2n) is 5.63. The molecular formula is C17H13F6NO3S. The number of ketones is 1. The molecule has 4 nitrogen and oxygen atoms in total. The largest absolute Gasteiger partial charge is 0.485 e. The third-order valence-electron chi connectivity index (χ3n) is 3.38. The monoisotopic (exact) mass is 425 g/mol. The van der Waals surface area contributed by atoms with Crippen molar-refractivity contribution in [3.05, 3.63) is 51.2 Å². The zero-order valence-electron chi connectivity index (χ0n) is 14.2.